The number of Topliss-reactive ketones (excluding diaryl/α,β-unsaturated/α-hetero) is 1. The van der Waals surface area contributed by atoms with E-state index >= 15 is 0 Å². The zero-order valence-electron chi connectivity index (χ0n) is 9.32. The quantitative estimate of drug-likeness (QED) is 0.697. The molecule has 0 atom stereocenters. The van der Waals surface area contributed by atoms with Gasteiger partial charge in [-0.25, -0.2) is 0 Å². The first-order chi connectivity index (χ1) is 7.24. The van der Waals surface area contributed by atoms with E-state index in [1.54, 1.807) is 29.8 Å². The summed E-state index contributed by atoms with van der Waals surface area (Å²) in [5, 5.41) is 4.10. The minimum absolute atomic E-state index is 0.0977. The highest BCUT2D eigenvalue weighted by atomic mass is 32.2. The van der Waals surface area contributed by atoms with E-state index < -0.39 is 0 Å². The fourth-order valence-corrected chi connectivity index (χ4v) is 1.74. The Hall–Kier alpha value is -0.970. The van der Waals surface area contributed by atoms with Crippen molar-refractivity contribution in [1.29, 1.82) is 0 Å². The summed E-state index contributed by atoms with van der Waals surface area (Å²) in [6, 6.07) is 0. The second kappa shape index (κ2) is 5.80. The molecule has 1 aromatic rings. The van der Waals surface area contributed by atoms with Crippen LogP contribution in [0.4, 0.5) is 0 Å². The van der Waals surface area contributed by atoms with Crippen molar-refractivity contribution < 1.29 is 9.53 Å². The van der Waals surface area contributed by atoms with Crippen molar-refractivity contribution in [3.63, 3.8) is 0 Å². The molecule has 0 aromatic carbocycles. The summed E-state index contributed by atoms with van der Waals surface area (Å²) in [5.74, 6) is 1.50. The number of ether oxygens (including phenoxy) is 1. The lowest BCUT2D eigenvalue weighted by Gasteiger charge is -2.05. The van der Waals surface area contributed by atoms with E-state index in [9.17, 15) is 4.79 Å². The predicted octanol–water partition coefficient (Wildman–Crippen LogP) is 1.85. The number of methoxy groups -OCH3 is 1. The molecule has 5 heteroatoms. The number of aryl methyl sites for hydroxylation is 1. The molecule has 1 aromatic heterocycles. The summed E-state index contributed by atoms with van der Waals surface area (Å²) >= 11 is 1.66. The number of thioether (sulfide) groups is 1. The first-order valence-electron chi connectivity index (χ1n) is 4.86. The highest BCUT2D eigenvalue weighted by molar-refractivity contribution is 7.98. The molecule has 0 fully saturated rings. The second-order valence-electron chi connectivity index (χ2n) is 3.04. The number of hydrogen-bond donors (Lipinski definition) is 0. The van der Waals surface area contributed by atoms with Crippen LogP contribution in [0, 0.1) is 0 Å². The van der Waals surface area contributed by atoms with E-state index in [1.807, 2.05) is 13.2 Å². The highest BCUT2D eigenvalue weighted by Crippen LogP contribution is 2.19. The molecule has 0 unspecified atom stereocenters. The average molecular weight is 228 g/mol. The Labute approximate surface area is 94.0 Å². The minimum Gasteiger partial charge on any atom is -0.493 e. The van der Waals surface area contributed by atoms with Crippen molar-refractivity contribution in [2.45, 2.75) is 19.9 Å². The van der Waals surface area contributed by atoms with Gasteiger partial charge in [0.1, 0.15) is 5.69 Å². The maximum Gasteiger partial charge on any atom is 0.185 e. The maximum atomic E-state index is 11.9. The standard InChI is InChI=1S/C10H16N2O2S/c1-4-12-10(8(13)5-6-15-3)9(14-2)7-11-12/h7H,4-6H2,1-3H3. The highest BCUT2D eigenvalue weighted by Gasteiger charge is 2.17. The zero-order chi connectivity index (χ0) is 11.3. The third-order valence-electron chi connectivity index (χ3n) is 2.12. The molecule has 0 N–H and O–H groups in total. The number of hydrogen-bond acceptors (Lipinski definition) is 4. The third-order valence-corrected chi connectivity index (χ3v) is 2.74. The molecule has 1 heterocycles. The normalized spacial score (nSPS) is 10.3. The molecule has 0 aliphatic rings. The second-order valence-corrected chi connectivity index (χ2v) is 4.03. The average Bonchev–Trinajstić information content (AvgIpc) is 2.68. The van der Waals surface area contributed by atoms with Crippen molar-refractivity contribution in [2.75, 3.05) is 19.1 Å². The zero-order valence-corrected chi connectivity index (χ0v) is 10.1. The molecule has 4 nitrogen and oxygen atoms in total. The Balaban J connectivity index is 2.88. The summed E-state index contributed by atoms with van der Waals surface area (Å²) in [5.41, 5.74) is 0.592. The SMILES string of the molecule is CCn1ncc(OC)c1C(=O)CCSC. The van der Waals surface area contributed by atoms with E-state index in [-0.39, 0.29) is 5.78 Å². The molecule has 1 rings (SSSR count). The van der Waals surface area contributed by atoms with Gasteiger partial charge in [-0.1, -0.05) is 0 Å². The monoisotopic (exact) mass is 228 g/mol. The first-order valence-corrected chi connectivity index (χ1v) is 6.25. The van der Waals surface area contributed by atoms with Crippen LogP contribution < -0.4 is 4.74 Å². The van der Waals surface area contributed by atoms with Crippen LogP contribution in [-0.4, -0.2) is 34.7 Å². The molecule has 0 saturated heterocycles. The fourth-order valence-electron chi connectivity index (χ4n) is 1.35. The number of carbonyl (C=O) groups excluding carboxylic acids is 1. The lowest BCUT2D eigenvalue weighted by atomic mass is 10.2. The summed E-state index contributed by atoms with van der Waals surface area (Å²) in [6.45, 7) is 2.64. The van der Waals surface area contributed by atoms with Gasteiger partial charge in [-0.15, -0.1) is 0 Å². The molecule has 0 saturated carbocycles. The molecule has 0 aliphatic carbocycles. The topological polar surface area (TPSA) is 44.1 Å². The Morgan fingerprint density at radius 2 is 2.40 bits per heavy atom. The summed E-state index contributed by atoms with van der Waals surface area (Å²) in [7, 11) is 1.56. The molecular formula is C10H16N2O2S. The summed E-state index contributed by atoms with van der Waals surface area (Å²) in [6.07, 6.45) is 4.11. The maximum absolute atomic E-state index is 11.9. The Kier molecular flexibility index (Phi) is 4.68. The number of aromatic nitrogens is 2. The third kappa shape index (κ3) is 2.75. The fraction of sp³-hybridized carbons (Fsp3) is 0.600. The molecule has 0 bridgehead atoms. The lowest BCUT2D eigenvalue weighted by molar-refractivity contribution is 0.0976. The first kappa shape index (κ1) is 12.1. The van der Waals surface area contributed by atoms with E-state index in [1.165, 1.54) is 0 Å². The van der Waals surface area contributed by atoms with E-state index in [0.29, 0.717) is 24.4 Å². The molecule has 84 valence electrons. The van der Waals surface area contributed by atoms with Crippen molar-refractivity contribution >= 4 is 17.5 Å². The predicted molar refractivity (Wildman–Crippen MR) is 61.8 cm³/mol. The van der Waals surface area contributed by atoms with Gasteiger partial charge in [-0.05, 0) is 13.2 Å². The van der Waals surface area contributed by atoms with E-state index in [0.717, 1.165) is 5.75 Å². The van der Waals surface area contributed by atoms with Gasteiger partial charge < -0.3 is 4.74 Å². The van der Waals surface area contributed by atoms with Gasteiger partial charge >= 0.3 is 0 Å². The van der Waals surface area contributed by atoms with Crippen LogP contribution in [0.15, 0.2) is 6.20 Å². The van der Waals surface area contributed by atoms with Crippen LogP contribution in [0.25, 0.3) is 0 Å². The van der Waals surface area contributed by atoms with Crippen molar-refractivity contribution in [3.05, 3.63) is 11.9 Å². The Bertz CT molecular complexity index is 315. The molecule has 0 amide bonds. The van der Waals surface area contributed by atoms with Crippen LogP contribution in [0.1, 0.15) is 23.8 Å². The molecule has 0 aliphatic heterocycles. The van der Waals surface area contributed by atoms with Gasteiger partial charge in [0.2, 0.25) is 0 Å². The molecule has 0 spiro atoms. The van der Waals surface area contributed by atoms with Crippen LogP contribution >= 0.6 is 11.8 Å². The van der Waals surface area contributed by atoms with Gasteiger partial charge in [0.15, 0.2) is 11.5 Å². The van der Waals surface area contributed by atoms with Gasteiger partial charge in [-0.3, -0.25) is 9.48 Å². The van der Waals surface area contributed by atoms with E-state index in [4.69, 9.17) is 4.74 Å². The smallest absolute Gasteiger partial charge is 0.185 e. The van der Waals surface area contributed by atoms with Crippen LogP contribution in [0.3, 0.4) is 0 Å². The number of rotatable bonds is 6. The van der Waals surface area contributed by atoms with Gasteiger partial charge in [-0.2, -0.15) is 16.9 Å². The van der Waals surface area contributed by atoms with Crippen LogP contribution in [0.2, 0.25) is 0 Å². The molecule has 15 heavy (non-hydrogen) atoms. The minimum atomic E-state index is 0.0977. The summed E-state index contributed by atoms with van der Waals surface area (Å²) < 4.78 is 6.80. The lowest BCUT2D eigenvalue weighted by Crippen LogP contribution is -2.11. The van der Waals surface area contributed by atoms with Crippen molar-refractivity contribution in [3.8, 4) is 5.75 Å². The van der Waals surface area contributed by atoms with Crippen LogP contribution in [0.5, 0.6) is 5.75 Å². The van der Waals surface area contributed by atoms with Gasteiger partial charge in [0.25, 0.3) is 0 Å². The van der Waals surface area contributed by atoms with Gasteiger partial charge in [0.05, 0.1) is 13.3 Å². The Morgan fingerprint density at radius 1 is 1.67 bits per heavy atom. The molecule has 0 radical (unpaired) electrons. The number of nitrogens with zero attached hydrogens (tertiary/aromatic N) is 2. The molecular weight excluding hydrogens is 212 g/mol. The van der Waals surface area contributed by atoms with E-state index in [2.05, 4.69) is 5.10 Å². The van der Waals surface area contributed by atoms with Crippen molar-refractivity contribution in [1.82, 2.24) is 9.78 Å². The van der Waals surface area contributed by atoms with Crippen molar-refractivity contribution in [2.24, 2.45) is 0 Å². The number of carbonyl (C=O) groups is 1. The van der Waals surface area contributed by atoms with Crippen LogP contribution in [-0.2, 0) is 6.54 Å². The largest absolute Gasteiger partial charge is 0.493 e. The number of ketones is 1. The Morgan fingerprint density at radius 3 is 2.93 bits per heavy atom. The summed E-state index contributed by atoms with van der Waals surface area (Å²) in [4.78, 5) is 11.9. The van der Waals surface area contributed by atoms with Gasteiger partial charge in [0, 0.05) is 18.7 Å².